The van der Waals surface area contributed by atoms with Gasteiger partial charge in [0.15, 0.2) is 34.6 Å². The van der Waals surface area contributed by atoms with Crippen molar-refractivity contribution in [1.29, 1.82) is 0 Å². The molecular weight excluding hydrogens is 1320 g/mol. The molecule has 0 bridgehead atoms. The summed E-state index contributed by atoms with van der Waals surface area (Å²) in [6, 6.07) is 29.4. The van der Waals surface area contributed by atoms with E-state index in [9.17, 15) is 37.1 Å². The van der Waals surface area contributed by atoms with Crippen molar-refractivity contribution in [2.45, 2.75) is 77.0 Å². The van der Waals surface area contributed by atoms with Crippen LogP contribution in [-0.4, -0.2) is 120 Å². The highest BCUT2D eigenvalue weighted by molar-refractivity contribution is 5.92. The fourth-order valence-corrected chi connectivity index (χ4v) is 12.2. The largest absolute Gasteiger partial charge is 0.506 e. The number of phenolic OH excluding ortho intramolecular Hbond substituents is 1. The zero-order chi connectivity index (χ0) is 72.9. The SMILES string of the molecule is C=CC(=O)Cc1cc(-c2nc(Nc3ccc(F)c(N4CCCCC4)c3)ncc2OC)ccc1F.C=CC(=O)Cc1cc(-c2nc(Nc3ccc(O)c(N4CCCCC4)c3)ncc2OC)ccc1F.C=CC(=O)Cc1cc(-c2nc(Nc3ccc(OC)c(N4CCCCC4)c3)ncc2OC)ccc1F. The first-order valence-corrected chi connectivity index (χ1v) is 33.9. The van der Waals surface area contributed by atoms with E-state index < -0.39 is 17.5 Å². The lowest BCUT2D eigenvalue weighted by molar-refractivity contribution is -0.114. The minimum atomic E-state index is -0.484. The van der Waals surface area contributed by atoms with Gasteiger partial charge in [-0.15, -0.1) is 0 Å². The molecule has 0 saturated carbocycles. The number of ether oxygens (including phenoxy) is 4. The molecule has 6 heterocycles. The molecule has 4 N–H and O–H groups in total. The number of phenols is 1. The van der Waals surface area contributed by atoms with E-state index in [0.29, 0.717) is 74.3 Å². The number of allylic oxidation sites excluding steroid dienone is 3. The van der Waals surface area contributed by atoms with Gasteiger partial charge in [-0.05, 0) is 202 Å². The van der Waals surface area contributed by atoms with Crippen molar-refractivity contribution >= 4 is 69.3 Å². The Morgan fingerprint density at radius 3 is 1.08 bits per heavy atom. The molecule has 0 aliphatic carbocycles. The highest BCUT2D eigenvalue weighted by Gasteiger charge is 2.23. The number of aromatic hydroxyl groups is 1. The van der Waals surface area contributed by atoms with E-state index in [0.717, 1.165) is 113 Å². The summed E-state index contributed by atoms with van der Waals surface area (Å²) in [5.41, 5.74) is 8.47. The molecule has 12 rings (SSSR count). The van der Waals surface area contributed by atoms with Crippen LogP contribution in [0.25, 0.3) is 33.8 Å². The Labute approximate surface area is 596 Å². The maximum Gasteiger partial charge on any atom is 0.227 e. The Morgan fingerprint density at radius 1 is 0.408 bits per heavy atom. The zero-order valence-corrected chi connectivity index (χ0v) is 58.0. The fourth-order valence-electron chi connectivity index (χ4n) is 12.2. The quantitative estimate of drug-likeness (QED) is 0.0237. The van der Waals surface area contributed by atoms with Crippen molar-refractivity contribution in [3.05, 3.63) is 206 Å². The predicted octanol–water partition coefficient (Wildman–Crippen LogP) is 15.8. The summed E-state index contributed by atoms with van der Waals surface area (Å²) in [5, 5.41) is 19.9. The van der Waals surface area contributed by atoms with Gasteiger partial charge in [0, 0.05) is 92.3 Å². The van der Waals surface area contributed by atoms with Crippen LogP contribution in [0, 0.1) is 23.3 Å². The van der Waals surface area contributed by atoms with Crippen LogP contribution in [0.4, 0.5) is 69.5 Å². The number of halogens is 4. The first-order chi connectivity index (χ1) is 50.0. The standard InChI is InChI=1S/C27H29FN4O3.C26H26F2N4O2.C26H27FN4O3/c1-4-21(33)15-19-14-18(8-10-22(19)28)26-25(35-3)17-29-27(31-26)30-20-9-11-24(34-2)23(16-20)32-12-6-5-7-13-32;1-3-20(33)14-18-13-17(7-9-21(18)27)25-24(34-2)16-29-26(31-25)30-19-8-10-22(28)23(15-19)32-11-5-4-6-12-32;1-3-20(32)14-18-13-17(7-9-21(18)27)25-24(34-2)16-28-26(30-25)29-19-8-10-23(33)22(15-19)31-11-5-4-6-12-31/h4,8-11,14,16-17H,1,5-7,12-13,15H2,2-3H3,(H,29,30,31);3,7-10,13,15-16H,1,4-6,11-12,14H2,2H3,(H,29,30,31);3,7-10,13,15-16,33H,1,4-6,11-12,14H2,2H3,(H,28,29,30). The summed E-state index contributed by atoms with van der Waals surface area (Å²) < 4.78 is 79.2. The molecule has 0 atom stereocenters. The van der Waals surface area contributed by atoms with Gasteiger partial charge in [0.1, 0.15) is 51.8 Å². The summed E-state index contributed by atoms with van der Waals surface area (Å²) >= 11 is 0. The van der Waals surface area contributed by atoms with Gasteiger partial charge >= 0.3 is 0 Å². The van der Waals surface area contributed by atoms with E-state index in [1.807, 2.05) is 24.3 Å². The zero-order valence-electron chi connectivity index (χ0n) is 58.0. The van der Waals surface area contributed by atoms with Crippen molar-refractivity contribution < 1.29 is 56.0 Å². The second kappa shape index (κ2) is 35.6. The molecule has 534 valence electrons. The van der Waals surface area contributed by atoms with E-state index in [-0.39, 0.29) is 70.8 Å². The normalized spacial score (nSPS) is 13.4. The minimum absolute atomic E-state index is 0.0766. The minimum Gasteiger partial charge on any atom is -0.506 e. The van der Waals surface area contributed by atoms with Gasteiger partial charge < -0.3 is 54.7 Å². The number of carbonyl (C=O) groups excluding carboxylic acids is 3. The van der Waals surface area contributed by atoms with Crippen LogP contribution < -0.4 is 49.6 Å². The van der Waals surface area contributed by atoms with Crippen LogP contribution >= 0.6 is 0 Å². The third-order valence-electron chi connectivity index (χ3n) is 17.6. The van der Waals surface area contributed by atoms with E-state index >= 15 is 0 Å². The number of rotatable bonds is 25. The summed E-state index contributed by atoms with van der Waals surface area (Å²) in [6.45, 7) is 15.8. The number of nitrogens with one attached hydrogen (secondary N) is 3. The van der Waals surface area contributed by atoms with Crippen LogP contribution in [0.15, 0.2) is 166 Å². The van der Waals surface area contributed by atoms with Crippen molar-refractivity contribution in [2.24, 2.45) is 0 Å². The summed E-state index contributed by atoms with van der Waals surface area (Å²) in [4.78, 5) is 68.7. The third-order valence-corrected chi connectivity index (χ3v) is 17.6. The van der Waals surface area contributed by atoms with Gasteiger partial charge in [-0.3, -0.25) is 14.4 Å². The third kappa shape index (κ3) is 19.2. The molecule has 9 aromatic rings. The summed E-state index contributed by atoms with van der Waals surface area (Å²) in [6.07, 6.45) is 18.1. The predicted molar refractivity (Wildman–Crippen MR) is 394 cm³/mol. The second-order valence-corrected chi connectivity index (χ2v) is 24.6. The van der Waals surface area contributed by atoms with Crippen molar-refractivity contribution in [3.63, 3.8) is 0 Å². The Hall–Kier alpha value is -11.7. The van der Waals surface area contributed by atoms with Gasteiger partial charge in [-0.2, -0.15) is 0 Å². The van der Waals surface area contributed by atoms with Gasteiger partial charge in [-0.1, -0.05) is 19.7 Å². The molecule has 3 saturated heterocycles. The summed E-state index contributed by atoms with van der Waals surface area (Å²) in [5.74, 6) is 0.759. The second-order valence-electron chi connectivity index (χ2n) is 24.6. The fraction of sp³-hybridized carbons (Fsp3) is 0.278. The Bertz CT molecular complexity index is 4350. The average Bonchev–Trinajstić information content (AvgIpc) is 0.820. The number of hydrogen-bond acceptors (Lipinski definition) is 20. The monoisotopic (exact) mass is 1400 g/mol. The molecule has 6 aromatic carbocycles. The molecule has 24 heteroatoms. The number of piperidine rings is 3. The Kier molecular flexibility index (Phi) is 25.6. The lowest BCUT2D eigenvalue weighted by Crippen LogP contribution is -2.30. The van der Waals surface area contributed by atoms with Crippen molar-refractivity contribution in [3.8, 4) is 62.5 Å². The molecular formula is C79H82F4N12O8. The molecule has 3 aliphatic rings. The molecule has 20 nitrogen and oxygen atoms in total. The number of benzene rings is 6. The number of hydrogen-bond donors (Lipinski definition) is 4. The highest BCUT2D eigenvalue weighted by atomic mass is 19.1. The van der Waals surface area contributed by atoms with E-state index in [1.165, 1.54) is 89.1 Å². The van der Waals surface area contributed by atoms with E-state index in [2.05, 4.69) is 80.3 Å². The van der Waals surface area contributed by atoms with Gasteiger partial charge in [0.2, 0.25) is 17.8 Å². The Balaban J connectivity index is 0.000000166. The first kappa shape index (κ1) is 74.0. The van der Waals surface area contributed by atoms with Crippen LogP contribution in [0.3, 0.4) is 0 Å². The van der Waals surface area contributed by atoms with Crippen LogP contribution in [-0.2, 0) is 33.6 Å². The first-order valence-electron chi connectivity index (χ1n) is 33.9. The van der Waals surface area contributed by atoms with Gasteiger partial charge in [0.25, 0.3) is 0 Å². The molecule has 0 radical (unpaired) electrons. The average molecular weight is 1400 g/mol. The van der Waals surface area contributed by atoms with E-state index in [4.69, 9.17) is 18.9 Å². The molecule has 0 unspecified atom stereocenters. The lowest BCUT2D eigenvalue weighted by atomic mass is 10.0. The molecule has 3 aliphatic heterocycles. The number of methoxy groups -OCH3 is 4. The number of anilines is 9. The molecule has 103 heavy (non-hydrogen) atoms. The molecule has 0 spiro atoms. The van der Waals surface area contributed by atoms with Crippen LogP contribution in [0.1, 0.15) is 74.5 Å². The highest BCUT2D eigenvalue weighted by Crippen LogP contribution is 2.39. The molecule has 0 amide bonds. The maximum absolute atomic E-state index is 14.5. The van der Waals surface area contributed by atoms with Crippen molar-refractivity contribution in [1.82, 2.24) is 29.9 Å². The number of carbonyl (C=O) groups is 3. The number of aromatic nitrogens is 6. The van der Waals surface area contributed by atoms with Gasteiger partial charge in [0.05, 0.1) is 64.1 Å². The number of nitrogens with zero attached hydrogens (tertiary/aromatic N) is 9. The maximum atomic E-state index is 14.5. The van der Waals surface area contributed by atoms with Gasteiger partial charge in [-0.25, -0.2) is 47.5 Å². The Morgan fingerprint density at radius 2 is 0.718 bits per heavy atom. The van der Waals surface area contributed by atoms with Crippen molar-refractivity contribution in [2.75, 3.05) is 98.4 Å². The van der Waals surface area contributed by atoms with Crippen LogP contribution in [0.5, 0.6) is 28.7 Å². The smallest absolute Gasteiger partial charge is 0.227 e. The lowest BCUT2D eigenvalue weighted by Gasteiger charge is -2.30. The van der Waals surface area contributed by atoms with E-state index in [1.54, 1.807) is 74.0 Å². The topological polar surface area (TPSA) is 232 Å². The summed E-state index contributed by atoms with van der Waals surface area (Å²) in [7, 11) is 6.20. The van der Waals surface area contributed by atoms with Crippen LogP contribution in [0.2, 0.25) is 0 Å². The number of ketones is 3. The molecule has 3 aromatic heterocycles. The molecule has 3 fully saturated rings.